The molecule has 104 valence electrons. The van der Waals surface area contributed by atoms with Crippen LogP contribution in [0.3, 0.4) is 0 Å². The fourth-order valence-electron chi connectivity index (χ4n) is 1.62. The lowest BCUT2D eigenvalue weighted by molar-refractivity contribution is 0.254. The number of hydrogen-bond donors (Lipinski definition) is 0. The van der Waals surface area contributed by atoms with Crippen molar-refractivity contribution in [3.05, 3.63) is 22.7 Å². The summed E-state index contributed by atoms with van der Waals surface area (Å²) in [6, 6.07) is 5.59. The fourth-order valence-corrected chi connectivity index (χ4v) is 2.84. The fraction of sp³-hybridized carbons (Fsp3) is 0.462. The van der Waals surface area contributed by atoms with Crippen molar-refractivity contribution in [3.8, 4) is 17.6 Å². The average molecular weight is 300 g/mol. The molecule has 0 heterocycles. The normalized spacial score (nSPS) is 12.7. The van der Waals surface area contributed by atoms with E-state index in [-0.39, 0.29) is 0 Å². The molecular formula is C13H18ClNO3Si. The van der Waals surface area contributed by atoms with Gasteiger partial charge in [0.05, 0.1) is 25.3 Å². The number of hydrogen-bond acceptors (Lipinski definition) is 4. The summed E-state index contributed by atoms with van der Waals surface area (Å²) in [4.78, 5) is 0. The van der Waals surface area contributed by atoms with Crippen LogP contribution in [0, 0.1) is 11.3 Å². The second kappa shape index (κ2) is 6.28. The van der Waals surface area contributed by atoms with Gasteiger partial charge in [0.15, 0.2) is 25.9 Å². The van der Waals surface area contributed by atoms with Crippen molar-refractivity contribution < 1.29 is 13.9 Å². The third-order valence-corrected chi connectivity index (χ3v) is 3.72. The van der Waals surface area contributed by atoms with Gasteiger partial charge < -0.3 is 13.9 Å². The Labute approximate surface area is 120 Å². The lowest BCUT2D eigenvalue weighted by Crippen LogP contribution is -2.27. The van der Waals surface area contributed by atoms with Crippen molar-refractivity contribution in [2.75, 3.05) is 14.2 Å². The van der Waals surface area contributed by atoms with Crippen molar-refractivity contribution in [2.45, 2.75) is 25.7 Å². The van der Waals surface area contributed by atoms with Gasteiger partial charge in [0.2, 0.25) is 0 Å². The average Bonchev–Trinajstić information content (AvgIpc) is 2.34. The molecule has 0 aromatic heterocycles. The Morgan fingerprint density at radius 1 is 1.21 bits per heavy atom. The summed E-state index contributed by atoms with van der Waals surface area (Å²) in [7, 11) is 1.19. The SMILES string of the molecule is COc1ccc(C(C#N)O[Si](C)(C)C)c(Cl)c1OC. The summed E-state index contributed by atoms with van der Waals surface area (Å²) in [5, 5.41) is 9.63. The topological polar surface area (TPSA) is 51.5 Å². The molecular weight excluding hydrogens is 282 g/mol. The first-order chi connectivity index (χ1) is 8.84. The van der Waals surface area contributed by atoms with Crippen LogP contribution in [0.5, 0.6) is 11.5 Å². The Bertz CT molecular complexity index is 494. The molecule has 0 bridgehead atoms. The maximum Gasteiger partial charge on any atom is 0.186 e. The van der Waals surface area contributed by atoms with E-state index in [0.717, 1.165) is 0 Å². The number of nitriles is 1. The molecule has 19 heavy (non-hydrogen) atoms. The van der Waals surface area contributed by atoms with Crippen molar-refractivity contribution in [1.29, 1.82) is 5.26 Å². The van der Waals surface area contributed by atoms with Crippen LogP contribution >= 0.6 is 11.6 Å². The second-order valence-corrected chi connectivity index (χ2v) is 9.78. The van der Waals surface area contributed by atoms with E-state index in [1.54, 1.807) is 12.1 Å². The van der Waals surface area contributed by atoms with Gasteiger partial charge in [-0.3, -0.25) is 0 Å². The molecule has 1 aromatic rings. The molecule has 6 heteroatoms. The zero-order valence-corrected chi connectivity index (χ0v) is 13.5. The lowest BCUT2D eigenvalue weighted by Gasteiger charge is -2.23. The van der Waals surface area contributed by atoms with E-state index in [1.165, 1.54) is 14.2 Å². The van der Waals surface area contributed by atoms with Gasteiger partial charge in [0.1, 0.15) is 0 Å². The van der Waals surface area contributed by atoms with Gasteiger partial charge in [-0.25, -0.2) is 0 Å². The van der Waals surface area contributed by atoms with Crippen LogP contribution in [0.1, 0.15) is 11.7 Å². The molecule has 0 aliphatic heterocycles. The van der Waals surface area contributed by atoms with Crippen molar-refractivity contribution in [2.24, 2.45) is 0 Å². The van der Waals surface area contributed by atoms with Gasteiger partial charge in [-0.05, 0) is 31.8 Å². The molecule has 0 spiro atoms. The van der Waals surface area contributed by atoms with Crippen LogP contribution in [0.15, 0.2) is 12.1 Å². The number of methoxy groups -OCH3 is 2. The largest absolute Gasteiger partial charge is 0.493 e. The molecule has 0 N–H and O–H groups in total. The summed E-state index contributed by atoms with van der Waals surface area (Å²) in [5.74, 6) is 0.946. The highest BCUT2D eigenvalue weighted by Gasteiger charge is 2.26. The van der Waals surface area contributed by atoms with Crippen LogP contribution < -0.4 is 9.47 Å². The highest BCUT2D eigenvalue weighted by Crippen LogP contribution is 2.40. The van der Waals surface area contributed by atoms with Crippen molar-refractivity contribution in [3.63, 3.8) is 0 Å². The lowest BCUT2D eigenvalue weighted by atomic mass is 10.1. The van der Waals surface area contributed by atoms with Gasteiger partial charge >= 0.3 is 0 Å². The van der Waals surface area contributed by atoms with Crippen LogP contribution in [0.25, 0.3) is 0 Å². The van der Waals surface area contributed by atoms with Gasteiger partial charge in [0, 0.05) is 5.56 Å². The summed E-state index contributed by atoms with van der Waals surface area (Å²) >= 11 is 6.27. The Morgan fingerprint density at radius 2 is 1.84 bits per heavy atom. The summed E-state index contributed by atoms with van der Waals surface area (Å²) in [5.41, 5.74) is 0.601. The zero-order chi connectivity index (χ0) is 14.6. The molecule has 0 saturated carbocycles. The predicted molar refractivity (Wildman–Crippen MR) is 77.3 cm³/mol. The molecule has 1 aromatic carbocycles. The summed E-state index contributed by atoms with van der Waals surface area (Å²) in [6.07, 6.45) is -0.695. The molecule has 4 nitrogen and oxygen atoms in total. The Kier molecular flexibility index (Phi) is 5.24. The zero-order valence-electron chi connectivity index (χ0n) is 11.8. The van der Waals surface area contributed by atoms with Crippen LogP contribution in [-0.2, 0) is 4.43 Å². The Balaban J connectivity index is 3.23. The summed E-state index contributed by atoms with van der Waals surface area (Å²) in [6.45, 7) is 6.06. The smallest absolute Gasteiger partial charge is 0.186 e. The van der Waals surface area contributed by atoms with E-state index in [2.05, 4.69) is 6.07 Å². The quantitative estimate of drug-likeness (QED) is 0.777. The first kappa shape index (κ1) is 15.8. The Hall–Kier alpha value is -1.22. The number of nitrogens with zero attached hydrogens (tertiary/aromatic N) is 1. The monoisotopic (exact) mass is 299 g/mol. The molecule has 0 saturated heterocycles. The maximum atomic E-state index is 9.27. The molecule has 1 rings (SSSR count). The molecule has 0 fully saturated rings. The maximum absolute atomic E-state index is 9.27. The first-order valence-electron chi connectivity index (χ1n) is 5.82. The summed E-state index contributed by atoms with van der Waals surface area (Å²) < 4.78 is 16.2. The van der Waals surface area contributed by atoms with E-state index in [4.69, 9.17) is 25.5 Å². The number of benzene rings is 1. The van der Waals surface area contributed by atoms with Gasteiger partial charge in [-0.15, -0.1) is 0 Å². The minimum absolute atomic E-state index is 0.353. The predicted octanol–water partition coefficient (Wildman–Crippen LogP) is 3.77. The van der Waals surface area contributed by atoms with Crippen LogP contribution in [0.2, 0.25) is 24.7 Å². The third kappa shape index (κ3) is 3.87. The third-order valence-electron chi connectivity index (χ3n) is 2.39. The number of ether oxygens (including phenoxy) is 2. The van der Waals surface area contributed by atoms with Crippen molar-refractivity contribution >= 4 is 19.9 Å². The molecule has 0 aliphatic rings. The minimum Gasteiger partial charge on any atom is -0.493 e. The molecule has 0 radical (unpaired) electrons. The van der Waals surface area contributed by atoms with Crippen LogP contribution in [-0.4, -0.2) is 22.5 Å². The Morgan fingerprint density at radius 3 is 2.26 bits per heavy atom. The number of halogens is 1. The van der Waals surface area contributed by atoms with E-state index in [1.807, 2.05) is 19.6 Å². The molecule has 0 amide bonds. The van der Waals surface area contributed by atoms with E-state index >= 15 is 0 Å². The van der Waals surface area contributed by atoms with E-state index < -0.39 is 14.4 Å². The van der Waals surface area contributed by atoms with Gasteiger partial charge in [0.25, 0.3) is 0 Å². The minimum atomic E-state index is -1.85. The van der Waals surface area contributed by atoms with Gasteiger partial charge in [-0.1, -0.05) is 11.6 Å². The standard InChI is InChI=1S/C13H18ClNO3Si/c1-16-10-7-6-9(12(14)13(10)17-2)11(8-15)18-19(3,4)5/h6-7,11H,1-5H3. The molecule has 1 unspecified atom stereocenters. The number of rotatable bonds is 5. The van der Waals surface area contributed by atoms with E-state index in [0.29, 0.717) is 22.1 Å². The van der Waals surface area contributed by atoms with Crippen LogP contribution in [0.4, 0.5) is 0 Å². The highest BCUT2D eigenvalue weighted by molar-refractivity contribution is 6.69. The van der Waals surface area contributed by atoms with Gasteiger partial charge in [-0.2, -0.15) is 5.26 Å². The van der Waals surface area contributed by atoms with Crippen molar-refractivity contribution in [1.82, 2.24) is 0 Å². The highest BCUT2D eigenvalue weighted by atomic mass is 35.5. The second-order valence-electron chi connectivity index (χ2n) is 4.94. The first-order valence-corrected chi connectivity index (χ1v) is 9.60. The molecule has 0 aliphatic carbocycles. The van der Waals surface area contributed by atoms with E-state index in [9.17, 15) is 5.26 Å². The molecule has 1 atom stereocenters.